The summed E-state index contributed by atoms with van der Waals surface area (Å²) in [5.41, 5.74) is 2.55. The molecule has 0 saturated heterocycles. The van der Waals surface area contributed by atoms with Crippen LogP contribution < -0.4 is 10.6 Å². The Morgan fingerprint density at radius 2 is 1.91 bits per heavy atom. The molecular formula is C17H19BrN4O. The summed E-state index contributed by atoms with van der Waals surface area (Å²) >= 11 is 3.50. The number of nitrogens with zero attached hydrogens (tertiary/aromatic N) is 2. The molecule has 0 aliphatic heterocycles. The van der Waals surface area contributed by atoms with Gasteiger partial charge in [0.15, 0.2) is 0 Å². The number of carbonyl (C=O) groups is 1. The molecule has 1 saturated carbocycles. The van der Waals surface area contributed by atoms with Crippen LogP contribution in [-0.2, 0) is 0 Å². The Morgan fingerprint density at radius 3 is 2.57 bits per heavy atom. The van der Waals surface area contributed by atoms with Crippen molar-refractivity contribution in [1.82, 2.24) is 15.3 Å². The van der Waals surface area contributed by atoms with E-state index in [2.05, 4.69) is 36.5 Å². The number of rotatable bonds is 4. The molecule has 1 aliphatic rings. The standard InChI is InChI=1S/C17H19BrN4O/c1-11-6-7-14(8-15(11)18)22-17-19-9-12(10-20-17)16(23)21-13-4-2-3-5-13/h6-10,13H,2-5H2,1H3,(H,21,23)(H,19,20,22). The van der Waals surface area contributed by atoms with E-state index in [0.29, 0.717) is 17.6 Å². The van der Waals surface area contributed by atoms with Crippen molar-refractivity contribution in [2.45, 2.75) is 38.6 Å². The van der Waals surface area contributed by atoms with E-state index in [0.717, 1.165) is 28.6 Å². The molecule has 2 aromatic rings. The molecule has 1 fully saturated rings. The van der Waals surface area contributed by atoms with Crippen LogP contribution in [0.4, 0.5) is 11.6 Å². The third-order valence-corrected chi connectivity index (χ3v) is 4.89. The number of aromatic nitrogens is 2. The number of nitrogens with one attached hydrogen (secondary N) is 2. The fourth-order valence-electron chi connectivity index (χ4n) is 2.65. The molecule has 1 aliphatic carbocycles. The van der Waals surface area contributed by atoms with Gasteiger partial charge in [0, 0.05) is 28.6 Å². The first kappa shape index (κ1) is 15.9. The molecule has 120 valence electrons. The first-order chi connectivity index (χ1) is 11.1. The number of hydrogen-bond donors (Lipinski definition) is 2. The number of benzene rings is 1. The van der Waals surface area contributed by atoms with Gasteiger partial charge in [-0.15, -0.1) is 0 Å². The van der Waals surface area contributed by atoms with Crippen LogP contribution >= 0.6 is 15.9 Å². The second-order valence-electron chi connectivity index (χ2n) is 5.84. The smallest absolute Gasteiger partial charge is 0.254 e. The first-order valence-electron chi connectivity index (χ1n) is 7.78. The van der Waals surface area contributed by atoms with Crippen LogP contribution in [0.15, 0.2) is 35.1 Å². The van der Waals surface area contributed by atoms with E-state index in [9.17, 15) is 4.79 Å². The lowest BCUT2D eigenvalue weighted by Gasteiger charge is -2.11. The average Bonchev–Trinajstić information content (AvgIpc) is 3.04. The Bertz CT molecular complexity index is 696. The number of halogens is 1. The SMILES string of the molecule is Cc1ccc(Nc2ncc(C(=O)NC3CCCC3)cn2)cc1Br. The van der Waals surface area contributed by atoms with Gasteiger partial charge in [-0.3, -0.25) is 4.79 Å². The highest BCUT2D eigenvalue weighted by Crippen LogP contribution is 2.22. The van der Waals surface area contributed by atoms with Crippen LogP contribution in [0.3, 0.4) is 0 Å². The molecular weight excluding hydrogens is 356 g/mol. The highest BCUT2D eigenvalue weighted by Gasteiger charge is 2.18. The van der Waals surface area contributed by atoms with Gasteiger partial charge in [0.05, 0.1) is 5.56 Å². The van der Waals surface area contributed by atoms with E-state index < -0.39 is 0 Å². The Hall–Kier alpha value is -1.95. The van der Waals surface area contributed by atoms with Gasteiger partial charge in [-0.25, -0.2) is 9.97 Å². The fourth-order valence-corrected chi connectivity index (χ4v) is 3.03. The molecule has 1 amide bonds. The molecule has 0 radical (unpaired) electrons. The lowest BCUT2D eigenvalue weighted by molar-refractivity contribution is 0.0937. The minimum absolute atomic E-state index is 0.0958. The third kappa shape index (κ3) is 4.07. The molecule has 0 bridgehead atoms. The zero-order valence-electron chi connectivity index (χ0n) is 13.0. The average molecular weight is 375 g/mol. The van der Waals surface area contributed by atoms with Gasteiger partial charge < -0.3 is 10.6 Å². The van der Waals surface area contributed by atoms with Crippen molar-refractivity contribution < 1.29 is 4.79 Å². The molecule has 6 heteroatoms. The monoisotopic (exact) mass is 374 g/mol. The highest BCUT2D eigenvalue weighted by molar-refractivity contribution is 9.10. The van der Waals surface area contributed by atoms with E-state index >= 15 is 0 Å². The largest absolute Gasteiger partial charge is 0.349 e. The molecule has 1 heterocycles. The summed E-state index contributed by atoms with van der Waals surface area (Å²) in [4.78, 5) is 20.6. The predicted octanol–water partition coefficient (Wildman–Crippen LogP) is 3.96. The topological polar surface area (TPSA) is 66.9 Å². The Kier molecular flexibility index (Phi) is 4.91. The first-order valence-corrected chi connectivity index (χ1v) is 8.57. The van der Waals surface area contributed by atoms with Gasteiger partial charge in [-0.1, -0.05) is 34.8 Å². The van der Waals surface area contributed by atoms with Crippen molar-refractivity contribution in [3.05, 3.63) is 46.2 Å². The van der Waals surface area contributed by atoms with Crippen LogP contribution in [0.5, 0.6) is 0 Å². The van der Waals surface area contributed by atoms with Crippen LogP contribution in [0.25, 0.3) is 0 Å². The summed E-state index contributed by atoms with van der Waals surface area (Å²) in [5, 5.41) is 6.16. The minimum atomic E-state index is -0.0958. The maximum absolute atomic E-state index is 12.1. The molecule has 1 aromatic carbocycles. The summed E-state index contributed by atoms with van der Waals surface area (Å²) in [6.45, 7) is 2.03. The zero-order valence-corrected chi connectivity index (χ0v) is 14.6. The van der Waals surface area contributed by atoms with E-state index in [4.69, 9.17) is 0 Å². The van der Waals surface area contributed by atoms with Gasteiger partial charge in [0.2, 0.25) is 5.95 Å². The van der Waals surface area contributed by atoms with E-state index in [-0.39, 0.29) is 5.91 Å². The van der Waals surface area contributed by atoms with Crippen molar-refractivity contribution in [3.63, 3.8) is 0 Å². The normalized spacial score (nSPS) is 14.7. The zero-order chi connectivity index (χ0) is 16.2. The third-order valence-electron chi connectivity index (χ3n) is 4.03. The predicted molar refractivity (Wildman–Crippen MR) is 93.9 cm³/mol. The van der Waals surface area contributed by atoms with E-state index in [1.165, 1.54) is 12.8 Å². The molecule has 23 heavy (non-hydrogen) atoms. The molecule has 5 nitrogen and oxygen atoms in total. The number of amides is 1. The number of aryl methyl sites for hydroxylation is 1. The molecule has 1 aromatic heterocycles. The van der Waals surface area contributed by atoms with E-state index in [1.807, 2.05) is 25.1 Å². The lowest BCUT2D eigenvalue weighted by atomic mass is 10.2. The van der Waals surface area contributed by atoms with Crippen LogP contribution in [0.2, 0.25) is 0 Å². The Balaban J connectivity index is 1.64. The number of carbonyl (C=O) groups excluding carboxylic acids is 1. The maximum Gasteiger partial charge on any atom is 0.254 e. The summed E-state index contributed by atoms with van der Waals surface area (Å²) in [6, 6.07) is 6.24. The number of hydrogen-bond acceptors (Lipinski definition) is 4. The van der Waals surface area contributed by atoms with Gasteiger partial charge in [0.25, 0.3) is 5.91 Å². The molecule has 0 spiro atoms. The second-order valence-corrected chi connectivity index (χ2v) is 6.69. The van der Waals surface area contributed by atoms with E-state index in [1.54, 1.807) is 12.4 Å². The summed E-state index contributed by atoms with van der Waals surface area (Å²) in [7, 11) is 0. The van der Waals surface area contributed by atoms with Crippen LogP contribution in [0, 0.1) is 6.92 Å². The summed E-state index contributed by atoms with van der Waals surface area (Å²) in [5.74, 6) is 0.375. The van der Waals surface area contributed by atoms with Crippen molar-refractivity contribution in [2.75, 3.05) is 5.32 Å². The lowest BCUT2D eigenvalue weighted by Crippen LogP contribution is -2.32. The minimum Gasteiger partial charge on any atom is -0.349 e. The van der Waals surface area contributed by atoms with Crippen LogP contribution in [-0.4, -0.2) is 21.9 Å². The Morgan fingerprint density at radius 1 is 1.22 bits per heavy atom. The molecule has 0 unspecified atom stereocenters. The molecule has 3 rings (SSSR count). The van der Waals surface area contributed by atoms with Gasteiger partial charge in [0.1, 0.15) is 0 Å². The van der Waals surface area contributed by atoms with Crippen LogP contribution in [0.1, 0.15) is 41.6 Å². The quantitative estimate of drug-likeness (QED) is 0.849. The Labute approximate surface area is 144 Å². The second kappa shape index (κ2) is 7.08. The number of anilines is 2. The van der Waals surface area contributed by atoms with Crippen molar-refractivity contribution in [2.24, 2.45) is 0 Å². The maximum atomic E-state index is 12.1. The van der Waals surface area contributed by atoms with Crippen molar-refractivity contribution >= 4 is 33.5 Å². The molecule has 0 atom stereocenters. The molecule has 2 N–H and O–H groups in total. The highest BCUT2D eigenvalue weighted by atomic mass is 79.9. The summed E-state index contributed by atoms with van der Waals surface area (Å²) < 4.78 is 1.02. The summed E-state index contributed by atoms with van der Waals surface area (Å²) in [6.07, 6.45) is 7.63. The van der Waals surface area contributed by atoms with Gasteiger partial charge in [-0.2, -0.15) is 0 Å². The fraction of sp³-hybridized carbons (Fsp3) is 0.353. The van der Waals surface area contributed by atoms with Crippen molar-refractivity contribution in [3.8, 4) is 0 Å². The van der Waals surface area contributed by atoms with Crippen molar-refractivity contribution in [1.29, 1.82) is 0 Å². The van der Waals surface area contributed by atoms with Gasteiger partial charge in [-0.05, 0) is 37.5 Å². The van der Waals surface area contributed by atoms with Gasteiger partial charge >= 0.3 is 0 Å².